The highest BCUT2D eigenvalue weighted by Crippen LogP contribution is 2.61. The summed E-state index contributed by atoms with van der Waals surface area (Å²) in [6, 6.07) is 6.93. The van der Waals surface area contributed by atoms with E-state index in [-0.39, 0.29) is 36.2 Å². The number of thioether (sulfide) groups is 1. The average Bonchev–Trinajstić information content (AvgIpc) is 3.49. The summed E-state index contributed by atoms with van der Waals surface area (Å²) in [5.74, 6) is -1.37. The summed E-state index contributed by atoms with van der Waals surface area (Å²) in [6.07, 6.45) is 11.3. The van der Waals surface area contributed by atoms with Crippen molar-refractivity contribution >= 4 is 40.5 Å². The molecule has 5 atom stereocenters. The van der Waals surface area contributed by atoms with Crippen LogP contribution in [-0.2, 0) is 21.1 Å². The molecule has 1 aromatic carbocycles. The van der Waals surface area contributed by atoms with Gasteiger partial charge in [0.05, 0.1) is 22.1 Å². The number of aromatic nitrogens is 3. The summed E-state index contributed by atoms with van der Waals surface area (Å²) in [5.41, 5.74) is 1.60. The SMILES string of the molecule is CN1CC=C[C@@H]2S[C@]34C=CCN(Cn5nnc6ccccc65)C(=O)C3N(CCCCCCO)C(=O)[C@@H]4[C@@H]2C1=O. The van der Waals surface area contributed by atoms with Gasteiger partial charge in [0.2, 0.25) is 17.7 Å². The number of nitrogens with zero attached hydrogens (tertiary/aromatic N) is 6. The van der Waals surface area contributed by atoms with Gasteiger partial charge in [-0.05, 0) is 25.0 Å². The van der Waals surface area contributed by atoms with E-state index in [2.05, 4.69) is 16.4 Å². The van der Waals surface area contributed by atoms with Crippen LogP contribution < -0.4 is 0 Å². The number of hydrogen-bond acceptors (Lipinski definition) is 7. The standard InChI is InChI=1S/C28H34N6O4S/c1-31-14-8-12-21-22(25(31)36)23-26(37)33(16-6-2-3-7-17-35)24-27(38)32(15-9-13-28(23,24)39-21)18-34-20-11-5-4-10-19(20)29-30-34/h4-5,8-13,21-24,35H,2-3,6-7,14-18H2,1H3/t21-,22+,23-,24?,28-/m0/s1. The molecule has 6 rings (SSSR count). The first kappa shape index (κ1) is 26.1. The molecule has 1 aromatic heterocycles. The highest BCUT2D eigenvalue weighted by atomic mass is 32.2. The predicted molar refractivity (Wildman–Crippen MR) is 147 cm³/mol. The molecule has 0 saturated carbocycles. The fourth-order valence-corrected chi connectivity index (χ4v) is 8.62. The average molecular weight is 551 g/mol. The van der Waals surface area contributed by atoms with Crippen molar-refractivity contribution in [2.45, 2.75) is 48.4 Å². The van der Waals surface area contributed by atoms with Crippen LogP contribution in [0.25, 0.3) is 11.0 Å². The van der Waals surface area contributed by atoms with Crippen LogP contribution in [0.4, 0.5) is 0 Å². The number of para-hydroxylation sites is 1. The first-order valence-corrected chi connectivity index (χ1v) is 14.6. The maximum absolute atomic E-state index is 14.4. The Kier molecular flexibility index (Phi) is 6.96. The molecule has 4 aliphatic rings. The number of hydrogen-bond donors (Lipinski definition) is 1. The Morgan fingerprint density at radius 2 is 1.85 bits per heavy atom. The second-order valence-corrected chi connectivity index (χ2v) is 12.3. The van der Waals surface area contributed by atoms with E-state index in [1.165, 1.54) is 0 Å². The van der Waals surface area contributed by atoms with Gasteiger partial charge >= 0.3 is 0 Å². The van der Waals surface area contributed by atoms with Crippen molar-refractivity contribution < 1.29 is 19.5 Å². The van der Waals surface area contributed by atoms with Gasteiger partial charge in [0, 0.05) is 38.5 Å². The van der Waals surface area contributed by atoms with E-state index >= 15 is 0 Å². The number of aliphatic hydroxyl groups excluding tert-OH is 1. The fourth-order valence-electron chi connectivity index (χ4n) is 6.61. The predicted octanol–water partition coefficient (Wildman–Crippen LogP) is 1.67. The molecule has 0 radical (unpaired) electrons. The molecule has 1 spiro atoms. The monoisotopic (exact) mass is 550 g/mol. The minimum absolute atomic E-state index is 0.0349. The molecular weight excluding hydrogens is 516 g/mol. The minimum Gasteiger partial charge on any atom is -0.396 e. The number of fused-ring (bicyclic) bond motifs is 3. The van der Waals surface area contributed by atoms with Crippen LogP contribution in [0.5, 0.6) is 0 Å². The van der Waals surface area contributed by atoms with Crippen molar-refractivity contribution in [1.82, 2.24) is 29.7 Å². The zero-order valence-electron chi connectivity index (χ0n) is 22.1. The third-order valence-corrected chi connectivity index (χ3v) is 10.2. The topological polar surface area (TPSA) is 112 Å². The lowest BCUT2D eigenvalue weighted by molar-refractivity contribution is -0.144. The molecule has 11 heteroatoms. The molecule has 3 amide bonds. The van der Waals surface area contributed by atoms with E-state index in [1.807, 2.05) is 42.5 Å². The summed E-state index contributed by atoms with van der Waals surface area (Å²) in [5, 5.41) is 17.5. The van der Waals surface area contributed by atoms with Gasteiger partial charge in [-0.2, -0.15) is 0 Å². The summed E-state index contributed by atoms with van der Waals surface area (Å²) in [6.45, 7) is 1.72. The molecule has 2 fully saturated rings. The van der Waals surface area contributed by atoms with E-state index in [0.717, 1.165) is 36.7 Å². The van der Waals surface area contributed by atoms with Crippen LogP contribution in [0.3, 0.4) is 0 Å². The first-order chi connectivity index (χ1) is 19.0. The van der Waals surface area contributed by atoms with Crippen LogP contribution in [0.1, 0.15) is 25.7 Å². The number of likely N-dealkylation sites (tertiary alicyclic amines) is 1. The lowest BCUT2D eigenvalue weighted by Gasteiger charge is -2.35. The highest BCUT2D eigenvalue weighted by molar-refractivity contribution is 8.02. The van der Waals surface area contributed by atoms with Crippen molar-refractivity contribution in [3.8, 4) is 0 Å². The fraction of sp³-hybridized carbons (Fsp3) is 0.536. The third-order valence-electron chi connectivity index (χ3n) is 8.48. The molecule has 0 aliphatic carbocycles. The number of carbonyl (C=O) groups excluding carboxylic acids is 3. The maximum atomic E-state index is 14.4. The van der Waals surface area contributed by atoms with Crippen molar-refractivity contribution in [1.29, 1.82) is 0 Å². The number of amides is 3. The quantitative estimate of drug-likeness (QED) is 0.393. The normalized spacial score (nSPS) is 30.1. The Morgan fingerprint density at radius 1 is 1.03 bits per heavy atom. The molecule has 1 N–H and O–H groups in total. The van der Waals surface area contributed by atoms with E-state index in [9.17, 15) is 14.4 Å². The van der Waals surface area contributed by atoms with Crippen molar-refractivity contribution in [3.63, 3.8) is 0 Å². The van der Waals surface area contributed by atoms with Crippen molar-refractivity contribution in [3.05, 3.63) is 48.6 Å². The molecule has 4 aliphatic heterocycles. The zero-order valence-corrected chi connectivity index (χ0v) is 22.9. The Morgan fingerprint density at radius 3 is 2.69 bits per heavy atom. The van der Waals surface area contributed by atoms with Gasteiger partial charge in [-0.15, -0.1) is 16.9 Å². The van der Waals surface area contributed by atoms with Crippen LogP contribution in [0.15, 0.2) is 48.6 Å². The number of carbonyl (C=O) groups is 3. The van der Waals surface area contributed by atoms with Crippen LogP contribution >= 0.6 is 11.8 Å². The third kappa shape index (κ3) is 4.26. The molecule has 2 saturated heterocycles. The Labute approximate surface area is 231 Å². The maximum Gasteiger partial charge on any atom is 0.248 e. The summed E-state index contributed by atoms with van der Waals surface area (Å²) in [4.78, 5) is 47.3. The van der Waals surface area contributed by atoms with Crippen LogP contribution in [-0.4, -0.2) is 102 Å². The van der Waals surface area contributed by atoms with Gasteiger partial charge in [-0.1, -0.05) is 54.5 Å². The summed E-state index contributed by atoms with van der Waals surface area (Å²) < 4.78 is 0.908. The van der Waals surface area contributed by atoms with Gasteiger partial charge in [-0.3, -0.25) is 14.4 Å². The zero-order chi connectivity index (χ0) is 27.1. The van der Waals surface area contributed by atoms with E-state index < -0.39 is 22.6 Å². The van der Waals surface area contributed by atoms with Crippen LogP contribution in [0.2, 0.25) is 0 Å². The lowest BCUT2D eigenvalue weighted by Crippen LogP contribution is -2.53. The molecular formula is C28H34N6O4S. The molecule has 10 nitrogen and oxygen atoms in total. The number of unbranched alkanes of at least 4 members (excludes halogenated alkanes) is 3. The Bertz CT molecular complexity index is 1340. The Hall–Kier alpha value is -3.18. The minimum atomic E-state index is -0.814. The second kappa shape index (κ2) is 10.4. The molecule has 2 aromatic rings. The van der Waals surface area contributed by atoms with Gasteiger partial charge in [-0.25, -0.2) is 4.68 Å². The Balaban J connectivity index is 1.35. The van der Waals surface area contributed by atoms with Gasteiger partial charge in [0.25, 0.3) is 0 Å². The number of aliphatic hydroxyl groups is 1. The second-order valence-electron chi connectivity index (χ2n) is 10.8. The molecule has 1 unspecified atom stereocenters. The highest BCUT2D eigenvalue weighted by Gasteiger charge is 2.70. The van der Waals surface area contributed by atoms with Gasteiger partial charge in [0.1, 0.15) is 18.2 Å². The van der Waals surface area contributed by atoms with E-state index in [4.69, 9.17) is 5.11 Å². The largest absolute Gasteiger partial charge is 0.396 e. The molecule has 206 valence electrons. The van der Waals surface area contributed by atoms with Crippen molar-refractivity contribution in [2.75, 3.05) is 33.3 Å². The van der Waals surface area contributed by atoms with Crippen molar-refractivity contribution in [2.24, 2.45) is 11.8 Å². The molecule has 0 bridgehead atoms. The number of rotatable bonds is 8. The van der Waals surface area contributed by atoms with Gasteiger partial charge < -0.3 is 19.8 Å². The van der Waals surface area contributed by atoms with Gasteiger partial charge in [0.15, 0.2) is 0 Å². The number of benzene rings is 1. The van der Waals surface area contributed by atoms with Crippen LogP contribution in [0, 0.1) is 11.8 Å². The smallest absolute Gasteiger partial charge is 0.248 e. The lowest BCUT2D eigenvalue weighted by atomic mass is 9.78. The van der Waals surface area contributed by atoms with E-state index in [0.29, 0.717) is 19.6 Å². The van der Waals surface area contributed by atoms with E-state index in [1.54, 1.807) is 38.2 Å². The molecule has 39 heavy (non-hydrogen) atoms. The number of likely N-dealkylation sites (N-methyl/N-ethyl adjacent to an activating group) is 1. The molecule has 5 heterocycles. The summed E-state index contributed by atoms with van der Waals surface area (Å²) in [7, 11) is 1.78. The first-order valence-electron chi connectivity index (χ1n) is 13.7. The summed E-state index contributed by atoms with van der Waals surface area (Å²) >= 11 is 1.60.